The fraction of sp³-hybridized carbons (Fsp3) is 0.429. The third-order valence-electron chi connectivity index (χ3n) is 2.79. The van der Waals surface area contributed by atoms with Gasteiger partial charge >= 0.3 is 0 Å². The summed E-state index contributed by atoms with van der Waals surface area (Å²) in [7, 11) is 0. The van der Waals surface area contributed by atoms with Crippen molar-refractivity contribution in [2.24, 2.45) is 0 Å². The first-order chi connectivity index (χ1) is 8.74. The Morgan fingerprint density at radius 1 is 1.17 bits per heavy atom. The molecule has 0 aliphatic heterocycles. The van der Waals surface area contributed by atoms with Crippen LogP contribution in [0.15, 0.2) is 30.5 Å². The van der Waals surface area contributed by atoms with Gasteiger partial charge in [0.15, 0.2) is 6.29 Å². The van der Waals surface area contributed by atoms with Crippen LogP contribution in [0, 0.1) is 5.82 Å². The molecule has 1 aromatic carbocycles. The van der Waals surface area contributed by atoms with Crippen molar-refractivity contribution in [1.29, 1.82) is 0 Å². The van der Waals surface area contributed by atoms with Gasteiger partial charge in [0.25, 0.3) is 0 Å². The van der Waals surface area contributed by atoms with E-state index in [0.717, 1.165) is 10.9 Å². The summed E-state index contributed by atoms with van der Waals surface area (Å²) in [5, 5.41) is 1.02. The third-order valence-corrected chi connectivity index (χ3v) is 2.79. The molecule has 0 bridgehead atoms. The molecule has 0 atom stereocenters. The van der Waals surface area contributed by atoms with E-state index in [2.05, 4.69) is 0 Å². The first-order valence-electron chi connectivity index (χ1n) is 6.22. The van der Waals surface area contributed by atoms with E-state index < -0.39 is 0 Å². The van der Waals surface area contributed by atoms with Crippen LogP contribution in [-0.4, -0.2) is 24.1 Å². The SMILES string of the molecule is CCOC(Cn1ccc2ccc(F)cc21)OCC. The van der Waals surface area contributed by atoms with E-state index in [0.29, 0.717) is 19.8 Å². The maximum absolute atomic E-state index is 13.3. The van der Waals surface area contributed by atoms with Crippen molar-refractivity contribution in [3.05, 3.63) is 36.3 Å². The van der Waals surface area contributed by atoms with Gasteiger partial charge in [0, 0.05) is 19.4 Å². The summed E-state index contributed by atoms with van der Waals surface area (Å²) < 4.78 is 26.2. The lowest BCUT2D eigenvalue weighted by molar-refractivity contribution is -0.143. The lowest BCUT2D eigenvalue weighted by atomic mass is 10.2. The largest absolute Gasteiger partial charge is 0.351 e. The monoisotopic (exact) mass is 251 g/mol. The van der Waals surface area contributed by atoms with E-state index >= 15 is 0 Å². The second-order valence-corrected chi connectivity index (χ2v) is 4.01. The van der Waals surface area contributed by atoms with Crippen molar-refractivity contribution in [3.8, 4) is 0 Å². The second kappa shape index (κ2) is 5.98. The van der Waals surface area contributed by atoms with Crippen molar-refractivity contribution in [2.75, 3.05) is 13.2 Å². The Balaban J connectivity index is 2.21. The van der Waals surface area contributed by atoms with E-state index in [1.807, 2.05) is 30.7 Å². The number of nitrogens with zero attached hydrogens (tertiary/aromatic N) is 1. The highest BCUT2D eigenvalue weighted by molar-refractivity contribution is 5.80. The quantitative estimate of drug-likeness (QED) is 0.736. The van der Waals surface area contributed by atoms with Crippen LogP contribution in [0.4, 0.5) is 4.39 Å². The molecule has 0 saturated heterocycles. The fourth-order valence-electron chi connectivity index (χ4n) is 2.00. The summed E-state index contributed by atoms with van der Waals surface area (Å²) in [6, 6.07) is 6.74. The molecule has 0 saturated carbocycles. The second-order valence-electron chi connectivity index (χ2n) is 4.01. The molecule has 0 N–H and O–H groups in total. The average Bonchev–Trinajstić information content (AvgIpc) is 2.73. The van der Waals surface area contributed by atoms with E-state index in [-0.39, 0.29) is 12.1 Å². The minimum Gasteiger partial charge on any atom is -0.351 e. The number of fused-ring (bicyclic) bond motifs is 1. The predicted molar refractivity (Wildman–Crippen MR) is 68.9 cm³/mol. The van der Waals surface area contributed by atoms with Gasteiger partial charge in [-0.15, -0.1) is 0 Å². The van der Waals surface area contributed by atoms with Crippen LogP contribution in [0.5, 0.6) is 0 Å². The highest BCUT2D eigenvalue weighted by Crippen LogP contribution is 2.18. The molecule has 0 aliphatic carbocycles. The Labute approximate surface area is 106 Å². The molecule has 0 amide bonds. The molecule has 1 heterocycles. The van der Waals surface area contributed by atoms with E-state index in [1.165, 1.54) is 12.1 Å². The molecule has 1 aromatic heterocycles. The molecule has 98 valence electrons. The number of ether oxygens (including phenoxy) is 2. The van der Waals surface area contributed by atoms with Crippen LogP contribution in [0.3, 0.4) is 0 Å². The summed E-state index contributed by atoms with van der Waals surface area (Å²) in [5.41, 5.74) is 0.861. The van der Waals surface area contributed by atoms with E-state index in [9.17, 15) is 4.39 Å². The van der Waals surface area contributed by atoms with Gasteiger partial charge in [0.2, 0.25) is 0 Å². The Kier molecular flexibility index (Phi) is 4.33. The normalized spacial score (nSPS) is 11.6. The van der Waals surface area contributed by atoms with Crippen molar-refractivity contribution < 1.29 is 13.9 Å². The Morgan fingerprint density at radius 2 is 1.89 bits per heavy atom. The number of aromatic nitrogens is 1. The molecule has 2 rings (SSSR count). The Bertz CT molecular complexity index is 503. The molecule has 0 unspecified atom stereocenters. The van der Waals surface area contributed by atoms with Crippen molar-refractivity contribution in [3.63, 3.8) is 0 Å². The zero-order valence-electron chi connectivity index (χ0n) is 10.7. The number of rotatable bonds is 6. The molecule has 0 radical (unpaired) electrons. The molecule has 2 aromatic rings. The Hall–Kier alpha value is -1.39. The van der Waals surface area contributed by atoms with Crippen LogP contribution >= 0.6 is 0 Å². The van der Waals surface area contributed by atoms with Gasteiger partial charge in [0.05, 0.1) is 12.1 Å². The van der Waals surface area contributed by atoms with Crippen LogP contribution in [0.1, 0.15) is 13.8 Å². The number of benzene rings is 1. The highest BCUT2D eigenvalue weighted by atomic mass is 19.1. The third kappa shape index (κ3) is 2.89. The van der Waals surface area contributed by atoms with Crippen LogP contribution in [0.25, 0.3) is 10.9 Å². The molecule has 0 aliphatic rings. The maximum atomic E-state index is 13.3. The van der Waals surface area contributed by atoms with E-state index in [4.69, 9.17) is 9.47 Å². The van der Waals surface area contributed by atoms with E-state index in [1.54, 1.807) is 6.07 Å². The lowest BCUT2D eigenvalue weighted by Crippen LogP contribution is -2.23. The standard InChI is InChI=1S/C14H18FNO2/c1-3-17-14(18-4-2)10-16-8-7-11-5-6-12(15)9-13(11)16/h5-9,14H,3-4,10H2,1-2H3. The molecule has 0 spiro atoms. The summed E-state index contributed by atoms with van der Waals surface area (Å²) in [6.45, 7) is 5.62. The highest BCUT2D eigenvalue weighted by Gasteiger charge is 2.11. The van der Waals surface area contributed by atoms with Crippen molar-refractivity contribution in [2.45, 2.75) is 26.7 Å². The van der Waals surface area contributed by atoms with Gasteiger partial charge in [-0.2, -0.15) is 0 Å². The minimum atomic E-state index is -0.293. The smallest absolute Gasteiger partial charge is 0.175 e. The van der Waals surface area contributed by atoms with Gasteiger partial charge < -0.3 is 14.0 Å². The van der Waals surface area contributed by atoms with Gasteiger partial charge in [0.1, 0.15) is 5.82 Å². The number of halogens is 1. The number of hydrogen-bond acceptors (Lipinski definition) is 2. The zero-order valence-corrected chi connectivity index (χ0v) is 10.7. The average molecular weight is 251 g/mol. The van der Waals surface area contributed by atoms with Gasteiger partial charge in [-0.05, 0) is 43.5 Å². The first kappa shape index (κ1) is 13.1. The van der Waals surface area contributed by atoms with Crippen LogP contribution in [0.2, 0.25) is 0 Å². The zero-order chi connectivity index (χ0) is 13.0. The lowest BCUT2D eigenvalue weighted by Gasteiger charge is -2.18. The van der Waals surface area contributed by atoms with Crippen molar-refractivity contribution >= 4 is 10.9 Å². The summed E-state index contributed by atoms with van der Waals surface area (Å²) in [6.07, 6.45) is 1.63. The van der Waals surface area contributed by atoms with Crippen molar-refractivity contribution in [1.82, 2.24) is 4.57 Å². The summed E-state index contributed by atoms with van der Waals surface area (Å²) in [5.74, 6) is -0.230. The number of hydrogen-bond donors (Lipinski definition) is 0. The fourth-order valence-corrected chi connectivity index (χ4v) is 2.00. The molecular formula is C14H18FNO2. The van der Waals surface area contributed by atoms with Crippen LogP contribution in [-0.2, 0) is 16.0 Å². The molecule has 0 fully saturated rings. The molecule has 3 nitrogen and oxygen atoms in total. The minimum absolute atomic E-state index is 0.230. The maximum Gasteiger partial charge on any atom is 0.175 e. The predicted octanol–water partition coefficient (Wildman–Crippen LogP) is 3.18. The molecule has 4 heteroatoms. The molecular weight excluding hydrogens is 233 g/mol. The summed E-state index contributed by atoms with van der Waals surface area (Å²) >= 11 is 0. The van der Waals surface area contributed by atoms with Crippen LogP contribution < -0.4 is 0 Å². The summed E-state index contributed by atoms with van der Waals surface area (Å²) in [4.78, 5) is 0. The molecule has 18 heavy (non-hydrogen) atoms. The van der Waals surface area contributed by atoms with Gasteiger partial charge in [-0.3, -0.25) is 0 Å². The van der Waals surface area contributed by atoms with Gasteiger partial charge in [-0.1, -0.05) is 0 Å². The first-order valence-corrected chi connectivity index (χ1v) is 6.22. The van der Waals surface area contributed by atoms with Gasteiger partial charge in [-0.25, -0.2) is 4.39 Å². The Morgan fingerprint density at radius 3 is 2.56 bits per heavy atom. The topological polar surface area (TPSA) is 23.4 Å².